The average molecular weight is 203 g/mol. The van der Waals surface area contributed by atoms with Crippen molar-refractivity contribution in [1.82, 2.24) is 0 Å². The number of ether oxygens (including phenoxy) is 1. The molecule has 3 nitrogen and oxygen atoms in total. The Labute approximate surface area is 88.1 Å². The van der Waals surface area contributed by atoms with Gasteiger partial charge in [-0.1, -0.05) is 12.1 Å². The van der Waals surface area contributed by atoms with Gasteiger partial charge in [0.2, 0.25) is 0 Å². The van der Waals surface area contributed by atoms with Crippen LogP contribution in [-0.2, 0) is 0 Å². The third kappa shape index (κ3) is 1.56. The molecular weight excluding hydrogens is 190 g/mol. The van der Waals surface area contributed by atoms with Gasteiger partial charge in [-0.15, -0.1) is 0 Å². The Bertz CT molecular complexity index is 494. The van der Waals surface area contributed by atoms with Gasteiger partial charge in [-0.2, -0.15) is 0 Å². The van der Waals surface area contributed by atoms with Gasteiger partial charge < -0.3 is 15.6 Å². The summed E-state index contributed by atoms with van der Waals surface area (Å²) in [4.78, 5) is 0. The highest BCUT2D eigenvalue weighted by Crippen LogP contribution is 2.35. The molecule has 0 heterocycles. The van der Waals surface area contributed by atoms with Crippen LogP contribution in [0.1, 0.15) is 6.92 Å². The van der Waals surface area contributed by atoms with Crippen LogP contribution in [0.15, 0.2) is 30.3 Å². The van der Waals surface area contributed by atoms with E-state index in [0.29, 0.717) is 18.0 Å². The molecule has 0 aliphatic rings. The molecule has 0 unspecified atom stereocenters. The molecule has 3 N–H and O–H groups in total. The standard InChI is InChI=1S/C12H13NO2/c1-2-15-11-7-6-10(14)8-4-3-5-9(13)12(8)11/h3-7,14H,2,13H2,1H3. The first-order chi connectivity index (χ1) is 7.24. The molecule has 3 heteroatoms. The van der Waals surface area contributed by atoms with Gasteiger partial charge in [-0.05, 0) is 25.1 Å². The molecule has 15 heavy (non-hydrogen) atoms. The number of aromatic hydroxyl groups is 1. The minimum Gasteiger partial charge on any atom is -0.507 e. The quantitative estimate of drug-likeness (QED) is 0.737. The van der Waals surface area contributed by atoms with Crippen LogP contribution in [0.25, 0.3) is 10.8 Å². The maximum absolute atomic E-state index is 9.68. The van der Waals surface area contributed by atoms with Gasteiger partial charge in [-0.3, -0.25) is 0 Å². The summed E-state index contributed by atoms with van der Waals surface area (Å²) in [5.74, 6) is 0.934. The highest BCUT2D eigenvalue weighted by atomic mass is 16.5. The Morgan fingerprint density at radius 3 is 2.80 bits per heavy atom. The first kappa shape index (κ1) is 9.65. The maximum atomic E-state index is 9.68. The highest BCUT2D eigenvalue weighted by Gasteiger charge is 2.08. The van der Waals surface area contributed by atoms with Crippen LogP contribution in [0.2, 0.25) is 0 Å². The van der Waals surface area contributed by atoms with Crippen LogP contribution in [-0.4, -0.2) is 11.7 Å². The number of anilines is 1. The Balaban J connectivity index is 2.78. The highest BCUT2D eigenvalue weighted by molar-refractivity contribution is 6.01. The van der Waals surface area contributed by atoms with Gasteiger partial charge in [0.05, 0.1) is 12.0 Å². The van der Waals surface area contributed by atoms with Gasteiger partial charge in [0.1, 0.15) is 11.5 Å². The normalized spacial score (nSPS) is 10.5. The van der Waals surface area contributed by atoms with Crippen molar-refractivity contribution in [2.45, 2.75) is 6.92 Å². The van der Waals surface area contributed by atoms with E-state index in [9.17, 15) is 5.11 Å². The molecule has 0 spiro atoms. The van der Waals surface area contributed by atoms with Crippen molar-refractivity contribution in [2.75, 3.05) is 12.3 Å². The second-order valence-electron chi connectivity index (χ2n) is 3.29. The number of rotatable bonds is 2. The Kier molecular flexibility index (Phi) is 2.37. The molecule has 0 amide bonds. The number of fused-ring (bicyclic) bond motifs is 1. The van der Waals surface area contributed by atoms with E-state index in [4.69, 9.17) is 10.5 Å². The molecule has 2 rings (SSSR count). The molecule has 2 aromatic rings. The van der Waals surface area contributed by atoms with Crippen molar-refractivity contribution < 1.29 is 9.84 Å². The van der Waals surface area contributed by atoms with Crippen LogP contribution < -0.4 is 10.5 Å². The van der Waals surface area contributed by atoms with E-state index in [1.165, 1.54) is 0 Å². The lowest BCUT2D eigenvalue weighted by molar-refractivity contribution is 0.344. The zero-order chi connectivity index (χ0) is 10.8. The number of hydrogen-bond donors (Lipinski definition) is 2. The van der Waals surface area contributed by atoms with Gasteiger partial charge in [0.15, 0.2) is 0 Å². The Morgan fingerprint density at radius 1 is 1.27 bits per heavy atom. The van der Waals surface area contributed by atoms with E-state index in [1.807, 2.05) is 19.1 Å². The summed E-state index contributed by atoms with van der Waals surface area (Å²) in [5.41, 5.74) is 6.48. The van der Waals surface area contributed by atoms with Gasteiger partial charge >= 0.3 is 0 Å². The number of phenolic OH excluding ortho intramolecular Hbond substituents is 1. The van der Waals surface area contributed by atoms with Crippen LogP contribution in [0.5, 0.6) is 11.5 Å². The molecule has 0 atom stereocenters. The minimum absolute atomic E-state index is 0.223. The van der Waals surface area contributed by atoms with Crippen LogP contribution >= 0.6 is 0 Å². The van der Waals surface area contributed by atoms with Crippen molar-refractivity contribution in [3.05, 3.63) is 30.3 Å². The third-order valence-corrected chi connectivity index (χ3v) is 2.31. The van der Waals surface area contributed by atoms with Crippen LogP contribution in [0.4, 0.5) is 5.69 Å². The molecule has 0 saturated heterocycles. The molecule has 0 bridgehead atoms. The zero-order valence-corrected chi connectivity index (χ0v) is 8.53. The largest absolute Gasteiger partial charge is 0.507 e. The Morgan fingerprint density at radius 2 is 2.07 bits per heavy atom. The van der Waals surface area contributed by atoms with Gasteiger partial charge in [0.25, 0.3) is 0 Å². The molecule has 0 aliphatic heterocycles. The van der Waals surface area contributed by atoms with E-state index in [-0.39, 0.29) is 5.75 Å². The van der Waals surface area contributed by atoms with E-state index in [1.54, 1.807) is 18.2 Å². The summed E-state index contributed by atoms with van der Waals surface area (Å²) in [6.07, 6.45) is 0. The summed E-state index contributed by atoms with van der Waals surface area (Å²) in [7, 11) is 0. The van der Waals surface area contributed by atoms with E-state index >= 15 is 0 Å². The van der Waals surface area contributed by atoms with Gasteiger partial charge in [0, 0.05) is 11.1 Å². The van der Waals surface area contributed by atoms with Gasteiger partial charge in [-0.25, -0.2) is 0 Å². The number of nitrogens with two attached hydrogens (primary N) is 1. The minimum atomic E-state index is 0.223. The second-order valence-corrected chi connectivity index (χ2v) is 3.29. The van der Waals surface area contributed by atoms with Crippen molar-refractivity contribution in [3.63, 3.8) is 0 Å². The topological polar surface area (TPSA) is 55.5 Å². The lowest BCUT2D eigenvalue weighted by atomic mass is 10.1. The maximum Gasteiger partial charge on any atom is 0.129 e. The summed E-state index contributed by atoms with van der Waals surface area (Å²) in [6.45, 7) is 2.49. The number of nitrogen functional groups attached to an aromatic ring is 1. The summed E-state index contributed by atoms with van der Waals surface area (Å²) in [5, 5.41) is 11.2. The second kappa shape index (κ2) is 3.69. The lowest BCUT2D eigenvalue weighted by Gasteiger charge is -2.10. The molecular formula is C12H13NO2. The predicted octanol–water partition coefficient (Wildman–Crippen LogP) is 2.53. The summed E-state index contributed by atoms with van der Waals surface area (Å²) < 4.78 is 5.46. The number of phenols is 1. The predicted molar refractivity (Wildman–Crippen MR) is 61.2 cm³/mol. The number of benzene rings is 2. The SMILES string of the molecule is CCOc1ccc(O)c2cccc(N)c12. The van der Waals surface area contributed by atoms with Crippen molar-refractivity contribution >= 4 is 16.5 Å². The van der Waals surface area contributed by atoms with Crippen molar-refractivity contribution in [1.29, 1.82) is 0 Å². The molecule has 0 radical (unpaired) electrons. The first-order valence-electron chi connectivity index (χ1n) is 4.87. The fraction of sp³-hybridized carbons (Fsp3) is 0.167. The van der Waals surface area contributed by atoms with Crippen LogP contribution in [0.3, 0.4) is 0 Å². The number of hydrogen-bond acceptors (Lipinski definition) is 3. The molecule has 78 valence electrons. The molecule has 2 aromatic carbocycles. The summed E-state index contributed by atoms with van der Waals surface area (Å²) >= 11 is 0. The third-order valence-electron chi connectivity index (χ3n) is 2.31. The average Bonchev–Trinajstić information content (AvgIpc) is 2.23. The first-order valence-corrected chi connectivity index (χ1v) is 4.87. The fourth-order valence-corrected chi connectivity index (χ4v) is 1.66. The fourth-order valence-electron chi connectivity index (χ4n) is 1.66. The van der Waals surface area contributed by atoms with E-state index in [2.05, 4.69) is 0 Å². The molecule has 0 aliphatic carbocycles. The lowest BCUT2D eigenvalue weighted by Crippen LogP contribution is -1.95. The van der Waals surface area contributed by atoms with E-state index < -0.39 is 0 Å². The summed E-state index contributed by atoms with van der Waals surface area (Å²) in [6, 6.07) is 8.78. The van der Waals surface area contributed by atoms with Crippen molar-refractivity contribution in [3.8, 4) is 11.5 Å². The Hall–Kier alpha value is -1.90. The molecule has 0 aromatic heterocycles. The molecule has 0 fully saturated rings. The molecule has 0 saturated carbocycles. The smallest absolute Gasteiger partial charge is 0.129 e. The zero-order valence-electron chi connectivity index (χ0n) is 8.53. The van der Waals surface area contributed by atoms with Crippen molar-refractivity contribution in [2.24, 2.45) is 0 Å². The monoisotopic (exact) mass is 203 g/mol. The van der Waals surface area contributed by atoms with Crippen LogP contribution in [0, 0.1) is 0 Å². The van der Waals surface area contributed by atoms with E-state index in [0.717, 1.165) is 10.8 Å².